The number of carbonyl (C=O) groups is 2. The second-order valence-electron chi connectivity index (χ2n) is 5.80. The Hall–Kier alpha value is -3.34. The molecule has 0 fully saturated rings. The van der Waals surface area contributed by atoms with Gasteiger partial charge in [-0.25, -0.2) is 9.59 Å². The first-order chi connectivity index (χ1) is 13.2. The van der Waals surface area contributed by atoms with Crippen LogP contribution < -0.4 is 0 Å². The van der Waals surface area contributed by atoms with E-state index in [0.29, 0.717) is 11.1 Å². The smallest absolute Gasteiger partial charge is 0.355 e. The van der Waals surface area contributed by atoms with Gasteiger partial charge in [0.05, 0.1) is 13.2 Å². The van der Waals surface area contributed by atoms with Crippen molar-refractivity contribution < 1.29 is 19.1 Å². The third-order valence-corrected chi connectivity index (χ3v) is 4.08. The van der Waals surface area contributed by atoms with Crippen LogP contribution in [-0.4, -0.2) is 30.1 Å². The predicted octanol–water partition coefficient (Wildman–Crippen LogP) is 4.70. The number of esters is 2. The Labute approximate surface area is 157 Å². The van der Waals surface area contributed by atoms with Gasteiger partial charge in [-0.05, 0) is 25.0 Å². The van der Waals surface area contributed by atoms with Crippen LogP contribution in [0.5, 0.6) is 0 Å². The number of aromatic nitrogens is 1. The number of benzene rings is 2. The van der Waals surface area contributed by atoms with E-state index in [-0.39, 0.29) is 24.6 Å². The summed E-state index contributed by atoms with van der Waals surface area (Å²) in [4.78, 5) is 28.2. The van der Waals surface area contributed by atoms with E-state index in [1.54, 1.807) is 13.8 Å². The SMILES string of the molecule is CCOC(=O)c1[nH]c(C(=O)OCC)c(-c2ccccc2)c1-c1ccccc1. The number of carbonyl (C=O) groups excluding carboxylic acids is 2. The third-order valence-electron chi connectivity index (χ3n) is 4.08. The molecule has 0 saturated heterocycles. The first-order valence-corrected chi connectivity index (χ1v) is 8.88. The highest BCUT2D eigenvalue weighted by atomic mass is 16.5. The van der Waals surface area contributed by atoms with E-state index >= 15 is 0 Å². The van der Waals surface area contributed by atoms with Gasteiger partial charge in [-0.1, -0.05) is 60.7 Å². The summed E-state index contributed by atoms with van der Waals surface area (Å²) in [5.74, 6) is -1.02. The van der Waals surface area contributed by atoms with E-state index in [1.165, 1.54) is 0 Å². The molecule has 138 valence electrons. The highest BCUT2D eigenvalue weighted by Gasteiger charge is 2.28. The molecule has 2 aromatic carbocycles. The summed E-state index contributed by atoms with van der Waals surface area (Å²) in [5, 5.41) is 0. The molecule has 0 bridgehead atoms. The van der Waals surface area contributed by atoms with Crippen LogP contribution in [0.25, 0.3) is 22.3 Å². The molecular weight excluding hydrogens is 342 g/mol. The fraction of sp³-hybridized carbons (Fsp3) is 0.182. The van der Waals surface area contributed by atoms with Crippen LogP contribution in [0.15, 0.2) is 60.7 Å². The summed E-state index contributed by atoms with van der Waals surface area (Å²) in [6.45, 7) is 3.96. The molecule has 5 nitrogen and oxygen atoms in total. The van der Waals surface area contributed by atoms with Gasteiger partial charge in [0.2, 0.25) is 0 Å². The largest absolute Gasteiger partial charge is 0.461 e. The molecule has 0 radical (unpaired) electrons. The molecule has 1 N–H and O–H groups in total. The lowest BCUT2D eigenvalue weighted by atomic mass is 9.94. The van der Waals surface area contributed by atoms with Gasteiger partial charge in [-0.15, -0.1) is 0 Å². The highest BCUT2D eigenvalue weighted by molar-refractivity contribution is 6.08. The van der Waals surface area contributed by atoms with Crippen molar-refractivity contribution in [3.63, 3.8) is 0 Å². The number of hydrogen-bond acceptors (Lipinski definition) is 4. The summed E-state index contributed by atoms with van der Waals surface area (Å²) in [5.41, 5.74) is 3.36. The quantitative estimate of drug-likeness (QED) is 0.645. The Morgan fingerprint density at radius 2 is 1.07 bits per heavy atom. The van der Waals surface area contributed by atoms with Gasteiger partial charge >= 0.3 is 11.9 Å². The predicted molar refractivity (Wildman–Crippen MR) is 104 cm³/mol. The van der Waals surface area contributed by atoms with Gasteiger partial charge in [-0.3, -0.25) is 0 Å². The lowest BCUT2D eigenvalue weighted by Crippen LogP contribution is -2.09. The van der Waals surface area contributed by atoms with Gasteiger partial charge in [0.25, 0.3) is 0 Å². The molecule has 0 atom stereocenters. The van der Waals surface area contributed by atoms with E-state index in [0.717, 1.165) is 11.1 Å². The van der Waals surface area contributed by atoms with Crippen molar-refractivity contribution in [1.29, 1.82) is 0 Å². The summed E-state index contributed by atoms with van der Waals surface area (Å²) >= 11 is 0. The average molecular weight is 363 g/mol. The van der Waals surface area contributed by atoms with Crippen LogP contribution in [0, 0.1) is 0 Å². The molecule has 1 aromatic heterocycles. The fourth-order valence-electron chi connectivity index (χ4n) is 3.00. The molecule has 5 heteroatoms. The normalized spacial score (nSPS) is 10.4. The first-order valence-electron chi connectivity index (χ1n) is 8.88. The number of rotatable bonds is 6. The molecule has 0 aliphatic carbocycles. The highest BCUT2D eigenvalue weighted by Crippen LogP contribution is 2.38. The standard InChI is InChI=1S/C22H21NO4/c1-3-26-21(24)19-17(15-11-7-5-8-12-15)18(16-13-9-6-10-14-16)20(23-19)22(25)27-4-2/h5-14,23H,3-4H2,1-2H3. The van der Waals surface area contributed by atoms with Crippen LogP contribution in [0.3, 0.4) is 0 Å². The van der Waals surface area contributed by atoms with Crippen molar-refractivity contribution in [2.24, 2.45) is 0 Å². The van der Waals surface area contributed by atoms with E-state index in [1.807, 2.05) is 60.7 Å². The topological polar surface area (TPSA) is 68.4 Å². The molecule has 0 saturated carbocycles. The van der Waals surface area contributed by atoms with Crippen molar-refractivity contribution >= 4 is 11.9 Å². The Kier molecular flexibility index (Phi) is 5.71. The lowest BCUT2D eigenvalue weighted by molar-refractivity contribution is 0.0517. The van der Waals surface area contributed by atoms with Crippen molar-refractivity contribution in [2.75, 3.05) is 13.2 Å². The molecule has 0 amide bonds. The first kappa shape index (κ1) is 18.5. The third kappa shape index (κ3) is 3.77. The second kappa shape index (κ2) is 8.36. The molecule has 0 unspecified atom stereocenters. The average Bonchev–Trinajstić information content (AvgIpc) is 3.10. The minimum atomic E-state index is -0.510. The van der Waals surface area contributed by atoms with Gasteiger partial charge in [0.1, 0.15) is 11.4 Å². The van der Waals surface area contributed by atoms with Crippen molar-refractivity contribution in [2.45, 2.75) is 13.8 Å². The molecular formula is C22H21NO4. The Morgan fingerprint density at radius 3 is 1.41 bits per heavy atom. The Bertz CT molecular complexity index is 854. The van der Waals surface area contributed by atoms with Crippen LogP contribution in [0.1, 0.15) is 34.8 Å². The van der Waals surface area contributed by atoms with Crippen molar-refractivity contribution in [3.8, 4) is 22.3 Å². The molecule has 0 aliphatic rings. The molecule has 1 heterocycles. The monoisotopic (exact) mass is 363 g/mol. The molecule has 3 rings (SSSR count). The zero-order chi connectivity index (χ0) is 19.2. The minimum absolute atomic E-state index is 0.238. The number of nitrogens with one attached hydrogen (secondary N) is 1. The second-order valence-corrected chi connectivity index (χ2v) is 5.80. The summed E-state index contributed by atoms with van der Waals surface area (Å²) in [6, 6.07) is 18.9. The number of ether oxygens (including phenoxy) is 2. The van der Waals surface area contributed by atoms with Crippen LogP contribution in [0.4, 0.5) is 0 Å². The molecule has 0 spiro atoms. The van der Waals surface area contributed by atoms with Gasteiger partial charge in [-0.2, -0.15) is 0 Å². The van der Waals surface area contributed by atoms with E-state index in [9.17, 15) is 9.59 Å². The van der Waals surface area contributed by atoms with Crippen molar-refractivity contribution in [3.05, 3.63) is 72.1 Å². The van der Waals surface area contributed by atoms with E-state index < -0.39 is 11.9 Å². The zero-order valence-corrected chi connectivity index (χ0v) is 15.3. The van der Waals surface area contributed by atoms with Gasteiger partial charge in [0.15, 0.2) is 0 Å². The van der Waals surface area contributed by atoms with Gasteiger partial charge in [0, 0.05) is 11.1 Å². The van der Waals surface area contributed by atoms with E-state index in [4.69, 9.17) is 9.47 Å². The van der Waals surface area contributed by atoms with Crippen LogP contribution >= 0.6 is 0 Å². The zero-order valence-electron chi connectivity index (χ0n) is 15.3. The number of H-pyrrole nitrogens is 1. The maximum atomic E-state index is 12.6. The Balaban J connectivity index is 2.32. The Morgan fingerprint density at radius 1 is 0.704 bits per heavy atom. The molecule has 0 aliphatic heterocycles. The molecule has 27 heavy (non-hydrogen) atoms. The lowest BCUT2D eigenvalue weighted by Gasteiger charge is -2.09. The fourth-order valence-corrected chi connectivity index (χ4v) is 3.00. The summed E-state index contributed by atoms with van der Waals surface area (Å²) < 4.78 is 10.4. The maximum Gasteiger partial charge on any atom is 0.355 e. The molecule has 3 aromatic rings. The van der Waals surface area contributed by atoms with Crippen LogP contribution in [-0.2, 0) is 9.47 Å². The van der Waals surface area contributed by atoms with Crippen molar-refractivity contribution in [1.82, 2.24) is 4.98 Å². The van der Waals surface area contributed by atoms with Crippen LogP contribution in [0.2, 0.25) is 0 Å². The summed E-state index contributed by atoms with van der Waals surface area (Å²) in [6.07, 6.45) is 0. The maximum absolute atomic E-state index is 12.6. The number of aromatic amines is 1. The van der Waals surface area contributed by atoms with Gasteiger partial charge < -0.3 is 14.5 Å². The summed E-state index contributed by atoms with van der Waals surface area (Å²) in [7, 11) is 0. The van der Waals surface area contributed by atoms with E-state index in [2.05, 4.69) is 4.98 Å². The minimum Gasteiger partial charge on any atom is -0.461 e. The number of hydrogen-bond donors (Lipinski definition) is 1.